The third kappa shape index (κ3) is 4.98. The van der Waals surface area contributed by atoms with Gasteiger partial charge in [0.1, 0.15) is 11.8 Å². The van der Waals surface area contributed by atoms with E-state index in [9.17, 15) is 9.59 Å². The molecule has 0 radical (unpaired) electrons. The number of hydrogen-bond acceptors (Lipinski definition) is 4. The van der Waals surface area contributed by atoms with Crippen molar-refractivity contribution in [2.75, 3.05) is 7.11 Å². The van der Waals surface area contributed by atoms with Gasteiger partial charge in [0.25, 0.3) is 5.91 Å². The predicted octanol–water partition coefficient (Wildman–Crippen LogP) is 3.91. The number of ether oxygens (including phenoxy) is 2. The van der Waals surface area contributed by atoms with Gasteiger partial charge in [-0.1, -0.05) is 24.3 Å². The first-order chi connectivity index (χ1) is 13.9. The Labute approximate surface area is 177 Å². The van der Waals surface area contributed by atoms with Crippen molar-refractivity contribution in [2.24, 2.45) is 0 Å². The number of fused-ring (bicyclic) bond motifs is 1. The van der Waals surface area contributed by atoms with Crippen molar-refractivity contribution in [3.05, 3.63) is 64.3 Å². The number of aryl methyl sites for hydroxylation is 1. The molecular weight excluding hydrogens is 436 g/mol. The van der Waals surface area contributed by atoms with Gasteiger partial charge in [-0.15, -0.1) is 0 Å². The molecule has 0 aliphatic rings. The van der Waals surface area contributed by atoms with Crippen LogP contribution in [0.1, 0.15) is 18.1 Å². The number of aromatic amines is 1. The average molecular weight is 459 g/mol. The van der Waals surface area contributed by atoms with E-state index in [-0.39, 0.29) is 0 Å². The van der Waals surface area contributed by atoms with Gasteiger partial charge in [-0.2, -0.15) is 0 Å². The molecule has 0 bridgehead atoms. The van der Waals surface area contributed by atoms with Crippen LogP contribution in [0.5, 0.6) is 5.75 Å². The monoisotopic (exact) mass is 458 g/mol. The van der Waals surface area contributed by atoms with Crippen LogP contribution >= 0.6 is 15.9 Å². The molecule has 1 amide bonds. The first kappa shape index (κ1) is 20.9. The van der Waals surface area contributed by atoms with Gasteiger partial charge in [0.2, 0.25) is 0 Å². The van der Waals surface area contributed by atoms with Crippen molar-refractivity contribution in [1.82, 2.24) is 10.3 Å². The molecule has 2 aromatic carbocycles. The normalized spacial score (nSPS) is 13.0. The molecule has 29 heavy (non-hydrogen) atoms. The highest BCUT2D eigenvalue weighted by Crippen LogP contribution is 2.26. The zero-order valence-corrected chi connectivity index (χ0v) is 18.1. The molecule has 3 rings (SSSR count). The quantitative estimate of drug-likeness (QED) is 0.526. The SMILES string of the molecule is COC(=O)[C@@H](Cc1c[nH]c2ccccc12)NC(=O)C(C)Oc1ccc(C)cc1Br. The van der Waals surface area contributed by atoms with Crippen LogP contribution in [0.2, 0.25) is 0 Å². The molecule has 0 aliphatic heterocycles. The minimum atomic E-state index is -0.820. The van der Waals surface area contributed by atoms with Gasteiger partial charge in [0.05, 0.1) is 11.6 Å². The van der Waals surface area contributed by atoms with Crippen LogP contribution in [0.4, 0.5) is 0 Å². The fourth-order valence-electron chi connectivity index (χ4n) is 3.09. The Morgan fingerprint density at radius 1 is 1.21 bits per heavy atom. The van der Waals surface area contributed by atoms with E-state index >= 15 is 0 Å². The molecule has 1 aromatic heterocycles. The van der Waals surface area contributed by atoms with Gasteiger partial charge in [-0.05, 0) is 59.1 Å². The summed E-state index contributed by atoms with van der Waals surface area (Å²) in [6, 6.07) is 12.6. The third-order valence-electron chi connectivity index (χ3n) is 4.66. The number of carbonyl (C=O) groups is 2. The van der Waals surface area contributed by atoms with E-state index in [2.05, 4.69) is 26.2 Å². The summed E-state index contributed by atoms with van der Waals surface area (Å²) in [6.07, 6.45) is 1.36. The molecule has 2 N–H and O–H groups in total. The summed E-state index contributed by atoms with van der Waals surface area (Å²) in [5.41, 5.74) is 2.97. The van der Waals surface area contributed by atoms with Crippen LogP contribution < -0.4 is 10.1 Å². The summed E-state index contributed by atoms with van der Waals surface area (Å²) < 4.78 is 11.4. The van der Waals surface area contributed by atoms with Gasteiger partial charge in [0, 0.05) is 23.5 Å². The number of rotatable bonds is 7. The zero-order valence-electron chi connectivity index (χ0n) is 16.5. The van der Waals surface area contributed by atoms with Crippen molar-refractivity contribution in [3.63, 3.8) is 0 Å². The van der Waals surface area contributed by atoms with Crippen molar-refractivity contribution < 1.29 is 19.1 Å². The molecule has 2 atom stereocenters. The van der Waals surface area contributed by atoms with Crippen LogP contribution in [0, 0.1) is 6.92 Å². The highest BCUT2D eigenvalue weighted by atomic mass is 79.9. The van der Waals surface area contributed by atoms with Crippen LogP contribution in [-0.4, -0.2) is 36.1 Å². The first-order valence-corrected chi connectivity index (χ1v) is 10.0. The Balaban J connectivity index is 1.72. The lowest BCUT2D eigenvalue weighted by Crippen LogP contribution is -2.47. The van der Waals surface area contributed by atoms with Crippen LogP contribution in [0.25, 0.3) is 10.9 Å². The molecule has 7 heteroatoms. The Bertz CT molecular complexity index is 1030. The Morgan fingerprint density at radius 3 is 2.69 bits per heavy atom. The number of H-pyrrole nitrogens is 1. The number of benzene rings is 2. The number of amides is 1. The molecule has 1 heterocycles. The van der Waals surface area contributed by atoms with E-state index < -0.39 is 24.0 Å². The Hall–Kier alpha value is -2.80. The van der Waals surface area contributed by atoms with E-state index in [1.807, 2.05) is 49.5 Å². The maximum atomic E-state index is 12.7. The maximum Gasteiger partial charge on any atom is 0.328 e. The van der Waals surface area contributed by atoms with Gasteiger partial charge in [0.15, 0.2) is 6.10 Å². The van der Waals surface area contributed by atoms with Crippen molar-refractivity contribution in [2.45, 2.75) is 32.4 Å². The number of esters is 1. The fourth-order valence-corrected chi connectivity index (χ4v) is 3.68. The summed E-state index contributed by atoms with van der Waals surface area (Å²) in [5, 5.41) is 3.76. The van der Waals surface area contributed by atoms with E-state index in [1.165, 1.54) is 7.11 Å². The van der Waals surface area contributed by atoms with Gasteiger partial charge < -0.3 is 19.8 Å². The second-order valence-corrected chi connectivity index (χ2v) is 7.70. The lowest BCUT2D eigenvalue weighted by Gasteiger charge is -2.20. The molecule has 3 aromatic rings. The standard InChI is InChI=1S/C22H23BrN2O4/c1-13-8-9-20(17(23)10-13)29-14(2)21(26)25-19(22(27)28-3)11-15-12-24-18-7-5-4-6-16(15)18/h4-10,12,14,19,24H,11H2,1-3H3,(H,25,26)/t14?,19-/m1/s1. The van der Waals surface area contributed by atoms with Crippen molar-refractivity contribution in [3.8, 4) is 5.75 Å². The minimum Gasteiger partial charge on any atom is -0.480 e. The second-order valence-electron chi connectivity index (χ2n) is 6.84. The van der Waals surface area contributed by atoms with Crippen molar-refractivity contribution in [1.29, 1.82) is 0 Å². The lowest BCUT2D eigenvalue weighted by molar-refractivity contribution is -0.145. The molecule has 6 nitrogen and oxygen atoms in total. The summed E-state index contributed by atoms with van der Waals surface area (Å²) in [4.78, 5) is 28.1. The summed E-state index contributed by atoms with van der Waals surface area (Å²) in [5.74, 6) is -0.343. The molecule has 152 valence electrons. The zero-order chi connectivity index (χ0) is 21.0. The smallest absolute Gasteiger partial charge is 0.328 e. The Morgan fingerprint density at radius 2 is 1.97 bits per heavy atom. The highest BCUT2D eigenvalue weighted by Gasteiger charge is 2.26. The predicted molar refractivity (Wildman–Crippen MR) is 115 cm³/mol. The number of carbonyl (C=O) groups excluding carboxylic acids is 2. The number of nitrogens with one attached hydrogen (secondary N) is 2. The second kappa shape index (κ2) is 9.13. The van der Waals surface area contributed by atoms with E-state index in [1.54, 1.807) is 13.0 Å². The largest absolute Gasteiger partial charge is 0.480 e. The number of methoxy groups -OCH3 is 1. The molecule has 0 spiro atoms. The molecular formula is C22H23BrN2O4. The van der Waals surface area contributed by atoms with Crippen LogP contribution in [0.3, 0.4) is 0 Å². The van der Waals surface area contributed by atoms with Gasteiger partial charge in [-0.3, -0.25) is 4.79 Å². The third-order valence-corrected chi connectivity index (χ3v) is 5.28. The van der Waals surface area contributed by atoms with E-state index in [0.717, 1.165) is 26.5 Å². The summed E-state index contributed by atoms with van der Waals surface area (Å²) >= 11 is 3.44. The highest BCUT2D eigenvalue weighted by molar-refractivity contribution is 9.10. The number of para-hydroxylation sites is 1. The summed E-state index contributed by atoms with van der Waals surface area (Å²) in [7, 11) is 1.31. The maximum absolute atomic E-state index is 12.7. The number of aromatic nitrogens is 1. The van der Waals surface area contributed by atoms with E-state index in [0.29, 0.717) is 12.2 Å². The average Bonchev–Trinajstić information content (AvgIpc) is 3.11. The van der Waals surface area contributed by atoms with Crippen molar-refractivity contribution >= 4 is 38.7 Å². The van der Waals surface area contributed by atoms with Crippen LogP contribution in [-0.2, 0) is 20.7 Å². The Kier molecular flexibility index (Phi) is 6.59. The number of hydrogen-bond donors (Lipinski definition) is 2. The molecule has 0 fully saturated rings. The fraction of sp³-hybridized carbons (Fsp3) is 0.273. The molecule has 0 saturated carbocycles. The van der Waals surface area contributed by atoms with Crippen LogP contribution in [0.15, 0.2) is 53.1 Å². The molecule has 1 unspecified atom stereocenters. The minimum absolute atomic E-state index is 0.309. The topological polar surface area (TPSA) is 80.4 Å². The molecule has 0 aliphatic carbocycles. The summed E-state index contributed by atoms with van der Waals surface area (Å²) in [6.45, 7) is 3.61. The van der Waals surface area contributed by atoms with E-state index in [4.69, 9.17) is 9.47 Å². The van der Waals surface area contributed by atoms with Gasteiger partial charge in [-0.25, -0.2) is 4.79 Å². The van der Waals surface area contributed by atoms with Gasteiger partial charge >= 0.3 is 5.97 Å². The molecule has 0 saturated heterocycles. The lowest BCUT2D eigenvalue weighted by atomic mass is 10.0. The number of halogens is 1. The first-order valence-electron chi connectivity index (χ1n) is 9.25.